The van der Waals surface area contributed by atoms with Crippen LogP contribution in [0.15, 0.2) is 54.6 Å². The number of hydrogen-bond donors (Lipinski definition) is 1. The number of piperazine rings is 1. The van der Waals surface area contributed by atoms with E-state index < -0.39 is 0 Å². The summed E-state index contributed by atoms with van der Waals surface area (Å²) >= 11 is 6.09. The quantitative estimate of drug-likeness (QED) is 0.529. The van der Waals surface area contributed by atoms with Crippen LogP contribution in [-0.2, 0) is 9.59 Å². The molecule has 0 aliphatic carbocycles. The number of halogens is 3. The zero-order valence-electron chi connectivity index (χ0n) is 16.7. The first kappa shape index (κ1) is 23.9. The number of quaternary nitrogens is 1. The number of para-hydroxylation sites is 1. The molecule has 30 heavy (non-hydrogen) atoms. The molecule has 1 fully saturated rings. The van der Waals surface area contributed by atoms with Crippen LogP contribution in [0.1, 0.15) is 5.56 Å². The molecule has 1 aliphatic heterocycles. The average Bonchev–Trinajstić information content (AvgIpc) is 2.69. The Kier molecular flexibility index (Phi) is 8.41. The van der Waals surface area contributed by atoms with Crippen molar-refractivity contribution in [1.29, 1.82) is 0 Å². The second-order valence-electron chi connectivity index (χ2n) is 7.46. The molecule has 0 spiro atoms. The predicted molar refractivity (Wildman–Crippen MR) is 113 cm³/mol. The molecule has 160 valence electrons. The minimum Gasteiger partial charge on any atom is -1.00 e. The molecule has 0 atom stereocenters. The van der Waals surface area contributed by atoms with E-state index in [0.29, 0.717) is 47.9 Å². The number of nitrogens with one attached hydrogen (secondary N) is 1. The van der Waals surface area contributed by atoms with Crippen LogP contribution in [0, 0.1) is 5.82 Å². The van der Waals surface area contributed by atoms with Gasteiger partial charge in [-0.05, 0) is 35.9 Å². The highest BCUT2D eigenvalue weighted by molar-refractivity contribution is 6.33. The van der Waals surface area contributed by atoms with E-state index in [-0.39, 0.29) is 30.0 Å². The van der Waals surface area contributed by atoms with E-state index in [1.807, 2.05) is 19.2 Å². The highest BCUT2D eigenvalue weighted by Gasteiger charge is 2.32. The summed E-state index contributed by atoms with van der Waals surface area (Å²) in [5.74, 6) is -0.488. The highest BCUT2D eigenvalue weighted by atomic mass is 35.5. The normalized spacial score (nSPS) is 15.5. The fourth-order valence-electron chi connectivity index (χ4n) is 3.27. The van der Waals surface area contributed by atoms with Crippen molar-refractivity contribution >= 4 is 35.2 Å². The van der Waals surface area contributed by atoms with E-state index >= 15 is 0 Å². The third-order valence-corrected chi connectivity index (χ3v) is 5.42. The first-order valence-corrected chi connectivity index (χ1v) is 9.83. The van der Waals surface area contributed by atoms with Crippen molar-refractivity contribution in [2.45, 2.75) is 0 Å². The van der Waals surface area contributed by atoms with Crippen LogP contribution >= 0.6 is 11.6 Å². The van der Waals surface area contributed by atoms with Gasteiger partial charge < -0.3 is 27.1 Å². The molecule has 1 saturated heterocycles. The van der Waals surface area contributed by atoms with Crippen molar-refractivity contribution in [1.82, 2.24) is 4.90 Å². The molecule has 2 aromatic carbocycles. The Labute approximate surface area is 187 Å². The fourth-order valence-corrected chi connectivity index (χ4v) is 3.46. The van der Waals surface area contributed by atoms with Crippen LogP contribution in [-0.4, -0.2) is 61.0 Å². The van der Waals surface area contributed by atoms with Gasteiger partial charge in [-0.2, -0.15) is 0 Å². The van der Waals surface area contributed by atoms with Crippen LogP contribution in [0.3, 0.4) is 0 Å². The molecule has 2 aromatic rings. The summed E-state index contributed by atoms with van der Waals surface area (Å²) in [6, 6.07) is 13.1. The Morgan fingerprint density at radius 3 is 2.40 bits per heavy atom. The summed E-state index contributed by atoms with van der Waals surface area (Å²) in [6.45, 7) is 2.84. The van der Waals surface area contributed by atoms with E-state index in [1.165, 1.54) is 18.2 Å². The molecule has 1 aliphatic rings. The third kappa shape index (κ3) is 6.55. The maximum absolute atomic E-state index is 12.9. The Bertz CT molecular complexity index is 911. The molecule has 3 rings (SSSR count). The summed E-state index contributed by atoms with van der Waals surface area (Å²) < 4.78 is 13.5. The Morgan fingerprint density at radius 2 is 1.77 bits per heavy atom. The number of carbonyl (C=O) groups excluding carboxylic acids is 2. The van der Waals surface area contributed by atoms with Crippen LogP contribution < -0.4 is 17.7 Å². The molecule has 0 unspecified atom stereocenters. The Balaban J connectivity index is 0.00000320. The molecule has 0 bridgehead atoms. The number of rotatable bonds is 5. The van der Waals surface area contributed by atoms with Gasteiger partial charge in [0.25, 0.3) is 5.91 Å². The largest absolute Gasteiger partial charge is 1.00 e. The lowest BCUT2D eigenvalue weighted by Gasteiger charge is -2.41. The van der Waals surface area contributed by atoms with Crippen LogP contribution in [0.4, 0.5) is 10.1 Å². The first-order chi connectivity index (χ1) is 13.8. The molecule has 0 saturated carbocycles. The topological polar surface area (TPSA) is 49.4 Å². The van der Waals surface area contributed by atoms with Gasteiger partial charge in [0.1, 0.15) is 5.82 Å². The maximum atomic E-state index is 12.9. The van der Waals surface area contributed by atoms with Gasteiger partial charge in [0.15, 0.2) is 6.54 Å². The molecule has 8 heteroatoms. The van der Waals surface area contributed by atoms with Crippen LogP contribution in [0.5, 0.6) is 0 Å². The number of benzene rings is 2. The van der Waals surface area contributed by atoms with Gasteiger partial charge in [0, 0.05) is 6.08 Å². The lowest BCUT2D eigenvalue weighted by Crippen LogP contribution is -3.00. The number of likely N-dealkylation sites (N-methyl/N-ethyl adjacent to an activating group) is 1. The predicted octanol–water partition coefficient (Wildman–Crippen LogP) is 0.424. The molecule has 2 amide bonds. The third-order valence-electron chi connectivity index (χ3n) is 5.09. The average molecular weight is 452 g/mol. The molecule has 5 nitrogen and oxygen atoms in total. The number of hydrogen-bond acceptors (Lipinski definition) is 2. The second kappa shape index (κ2) is 10.6. The van der Waals surface area contributed by atoms with Crippen LogP contribution in [0.2, 0.25) is 5.02 Å². The minimum absolute atomic E-state index is 0. The SMILES string of the molecule is C[N+]1(CC(=O)Nc2ccccc2Cl)CCN(C(=O)C=Cc2ccc(F)cc2)CC1.[Cl-]. The number of carbonyl (C=O) groups is 2. The van der Waals surface area contributed by atoms with Gasteiger partial charge >= 0.3 is 0 Å². The zero-order valence-corrected chi connectivity index (χ0v) is 18.2. The lowest BCUT2D eigenvalue weighted by atomic mass is 10.2. The van der Waals surface area contributed by atoms with Crippen molar-refractivity contribution in [2.75, 3.05) is 45.1 Å². The minimum atomic E-state index is -0.305. The summed E-state index contributed by atoms with van der Waals surface area (Å²) in [5, 5.41) is 3.36. The summed E-state index contributed by atoms with van der Waals surface area (Å²) in [7, 11) is 2.02. The lowest BCUT2D eigenvalue weighted by molar-refractivity contribution is -0.905. The molecule has 1 heterocycles. The highest BCUT2D eigenvalue weighted by Crippen LogP contribution is 2.21. The maximum Gasteiger partial charge on any atom is 0.279 e. The summed E-state index contributed by atoms with van der Waals surface area (Å²) in [6.07, 6.45) is 3.19. The van der Waals surface area contributed by atoms with Crippen molar-refractivity contribution in [3.8, 4) is 0 Å². The molecular weight excluding hydrogens is 428 g/mol. The number of nitrogens with zero attached hydrogens (tertiary/aromatic N) is 2. The van der Waals surface area contributed by atoms with E-state index in [1.54, 1.807) is 35.2 Å². The number of anilines is 1. The molecular formula is C22H24Cl2FN3O2. The van der Waals surface area contributed by atoms with Gasteiger partial charge in [-0.3, -0.25) is 9.59 Å². The van der Waals surface area contributed by atoms with Gasteiger partial charge in [-0.1, -0.05) is 35.9 Å². The second-order valence-corrected chi connectivity index (χ2v) is 7.87. The number of amides is 2. The van der Waals surface area contributed by atoms with E-state index in [2.05, 4.69) is 5.32 Å². The van der Waals surface area contributed by atoms with Crippen molar-refractivity contribution in [2.24, 2.45) is 0 Å². The summed E-state index contributed by atoms with van der Waals surface area (Å²) in [4.78, 5) is 26.6. The fraction of sp³-hybridized carbons (Fsp3) is 0.273. The van der Waals surface area contributed by atoms with E-state index in [9.17, 15) is 14.0 Å². The molecule has 1 N–H and O–H groups in total. The smallest absolute Gasteiger partial charge is 0.279 e. The Morgan fingerprint density at radius 1 is 1.13 bits per heavy atom. The van der Waals surface area contributed by atoms with Gasteiger partial charge in [-0.25, -0.2) is 4.39 Å². The van der Waals surface area contributed by atoms with Crippen LogP contribution in [0.25, 0.3) is 6.08 Å². The van der Waals surface area contributed by atoms with Crippen molar-refractivity contribution in [3.05, 3.63) is 71.0 Å². The van der Waals surface area contributed by atoms with Gasteiger partial charge in [0.2, 0.25) is 5.91 Å². The molecule has 0 radical (unpaired) electrons. The zero-order chi connectivity index (χ0) is 20.9. The molecule has 0 aromatic heterocycles. The monoisotopic (exact) mass is 451 g/mol. The Hall–Kier alpha value is -2.41. The van der Waals surface area contributed by atoms with Crippen molar-refractivity contribution < 1.29 is 30.9 Å². The van der Waals surface area contributed by atoms with E-state index in [0.717, 1.165) is 5.56 Å². The first-order valence-electron chi connectivity index (χ1n) is 9.45. The van der Waals surface area contributed by atoms with Gasteiger partial charge in [0.05, 0.1) is 43.9 Å². The standard InChI is InChI=1S/C22H23ClFN3O2.ClH/c1-27(16-21(28)25-20-5-3-2-4-19(20)23)14-12-26(13-15-27)22(29)11-8-17-6-9-18(24)10-7-17;/h2-11H,12-16H2,1H3;1H. The van der Waals surface area contributed by atoms with Crippen molar-refractivity contribution in [3.63, 3.8) is 0 Å². The summed E-state index contributed by atoms with van der Waals surface area (Å²) in [5.41, 5.74) is 1.37. The van der Waals surface area contributed by atoms with Gasteiger partial charge in [-0.15, -0.1) is 0 Å². The van der Waals surface area contributed by atoms with E-state index in [4.69, 9.17) is 11.6 Å².